The molecule has 0 aliphatic carbocycles. The lowest BCUT2D eigenvalue weighted by Crippen LogP contribution is -2.40. The fourth-order valence-corrected chi connectivity index (χ4v) is 9.09. The van der Waals surface area contributed by atoms with Gasteiger partial charge in [-0.05, 0) is 30.3 Å². The van der Waals surface area contributed by atoms with Crippen molar-refractivity contribution in [2.75, 3.05) is 13.2 Å². The van der Waals surface area contributed by atoms with E-state index in [0.717, 1.165) is 56.7 Å². The van der Waals surface area contributed by atoms with Crippen molar-refractivity contribution in [2.45, 2.75) is 82.3 Å². The molecule has 166 valence electrons. The lowest BCUT2D eigenvalue weighted by atomic mass is 10.3. The maximum Gasteiger partial charge on any atom is 0.269 e. The average molecular weight is 445 g/mol. The molecule has 1 aromatic carbocycles. The number of nitro benzene ring substituents is 1. The fourth-order valence-electron chi connectivity index (χ4n) is 3.36. The molecule has 0 aromatic heterocycles. The minimum atomic E-state index is -3.71. The van der Waals surface area contributed by atoms with Crippen molar-refractivity contribution in [3.63, 3.8) is 0 Å². The van der Waals surface area contributed by atoms with Gasteiger partial charge >= 0.3 is 0 Å². The Bertz CT molecular complexity index is 688. The van der Waals surface area contributed by atoms with E-state index in [1.807, 2.05) is 0 Å². The molecule has 0 atom stereocenters. The molecule has 0 bridgehead atoms. The summed E-state index contributed by atoms with van der Waals surface area (Å²) in [5.41, 5.74) is -0.133. The Morgan fingerprint density at radius 3 is 1.86 bits per heavy atom. The van der Waals surface area contributed by atoms with Gasteiger partial charge in [-0.25, -0.2) is 13.1 Å². The van der Waals surface area contributed by atoms with Crippen LogP contribution in [-0.4, -0.2) is 34.8 Å². The molecule has 0 aliphatic rings. The lowest BCUT2D eigenvalue weighted by molar-refractivity contribution is -0.384. The van der Waals surface area contributed by atoms with Gasteiger partial charge in [-0.1, -0.05) is 59.3 Å². The molecular formula is C20H36N2O5SSi. The SMILES string of the molecule is CCCC[Si](CCCC)(CCCC)OCCNS(=O)(=O)c1ccc([N+](=O)[O-])cc1. The van der Waals surface area contributed by atoms with Crippen molar-refractivity contribution in [2.24, 2.45) is 0 Å². The smallest absolute Gasteiger partial charge is 0.269 e. The minimum absolute atomic E-state index is 0.0227. The first-order valence-electron chi connectivity index (χ1n) is 10.7. The van der Waals surface area contributed by atoms with Crippen LogP contribution in [-0.2, 0) is 14.4 Å². The second-order valence-electron chi connectivity index (χ2n) is 7.49. The first-order valence-corrected chi connectivity index (χ1v) is 14.7. The second kappa shape index (κ2) is 13.1. The number of hydrogen-bond donors (Lipinski definition) is 1. The van der Waals surface area contributed by atoms with Crippen LogP contribution in [0.25, 0.3) is 0 Å². The molecule has 7 nitrogen and oxygen atoms in total. The largest absolute Gasteiger partial charge is 0.415 e. The molecule has 0 saturated heterocycles. The monoisotopic (exact) mass is 444 g/mol. The fraction of sp³-hybridized carbons (Fsp3) is 0.700. The molecule has 1 N–H and O–H groups in total. The molecule has 0 radical (unpaired) electrons. The third-order valence-corrected chi connectivity index (χ3v) is 11.2. The second-order valence-corrected chi connectivity index (χ2v) is 13.4. The predicted octanol–water partition coefficient (Wildman–Crippen LogP) is 5.24. The molecule has 1 aromatic rings. The zero-order valence-electron chi connectivity index (χ0n) is 18.0. The van der Waals surface area contributed by atoms with Crippen LogP contribution in [0.5, 0.6) is 0 Å². The lowest BCUT2D eigenvalue weighted by Gasteiger charge is -2.32. The zero-order valence-corrected chi connectivity index (χ0v) is 19.8. The van der Waals surface area contributed by atoms with Gasteiger partial charge in [0.05, 0.1) is 9.82 Å². The molecule has 0 aliphatic heterocycles. The van der Waals surface area contributed by atoms with Crippen molar-refractivity contribution in [3.05, 3.63) is 34.4 Å². The van der Waals surface area contributed by atoms with E-state index in [4.69, 9.17) is 4.43 Å². The van der Waals surface area contributed by atoms with E-state index in [2.05, 4.69) is 25.5 Å². The van der Waals surface area contributed by atoms with E-state index in [1.54, 1.807) is 0 Å². The van der Waals surface area contributed by atoms with Crippen LogP contribution in [0, 0.1) is 10.1 Å². The third kappa shape index (κ3) is 8.94. The molecule has 0 fully saturated rings. The zero-order chi connectivity index (χ0) is 21.8. The van der Waals surface area contributed by atoms with Crippen LogP contribution < -0.4 is 4.72 Å². The Morgan fingerprint density at radius 1 is 0.966 bits per heavy atom. The molecule has 1 rings (SSSR count). The molecule has 29 heavy (non-hydrogen) atoms. The van der Waals surface area contributed by atoms with Gasteiger partial charge in [-0.15, -0.1) is 0 Å². The highest BCUT2D eigenvalue weighted by molar-refractivity contribution is 7.89. The van der Waals surface area contributed by atoms with Gasteiger partial charge in [-0.3, -0.25) is 10.1 Å². The van der Waals surface area contributed by atoms with E-state index in [1.165, 1.54) is 24.3 Å². The first-order chi connectivity index (χ1) is 13.8. The van der Waals surface area contributed by atoms with E-state index in [0.29, 0.717) is 6.61 Å². The number of non-ortho nitro benzene ring substituents is 1. The topological polar surface area (TPSA) is 98.5 Å². The number of nitrogens with zero attached hydrogens (tertiary/aromatic N) is 1. The van der Waals surface area contributed by atoms with Gasteiger partial charge in [0.15, 0.2) is 8.32 Å². The number of nitrogens with one attached hydrogen (secondary N) is 1. The van der Waals surface area contributed by atoms with Gasteiger partial charge in [-0.2, -0.15) is 0 Å². The Hall–Kier alpha value is -1.29. The summed E-state index contributed by atoms with van der Waals surface area (Å²) in [6.45, 7) is 7.15. The Labute approximate surface area is 176 Å². The summed E-state index contributed by atoms with van der Waals surface area (Å²) in [6, 6.07) is 8.32. The normalized spacial score (nSPS) is 12.2. The number of hydrogen-bond acceptors (Lipinski definition) is 5. The molecule has 0 unspecified atom stereocenters. The van der Waals surface area contributed by atoms with Crippen LogP contribution in [0.15, 0.2) is 29.2 Å². The highest BCUT2D eigenvalue weighted by atomic mass is 32.2. The summed E-state index contributed by atoms with van der Waals surface area (Å²) in [5.74, 6) is 0. The highest BCUT2D eigenvalue weighted by Crippen LogP contribution is 2.29. The van der Waals surface area contributed by atoms with Crippen molar-refractivity contribution in [1.29, 1.82) is 0 Å². The molecular weight excluding hydrogens is 408 g/mol. The van der Waals surface area contributed by atoms with Crippen molar-refractivity contribution in [1.82, 2.24) is 4.72 Å². The number of sulfonamides is 1. The molecule has 0 spiro atoms. The van der Waals surface area contributed by atoms with Crippen LogP contribution in [0.1, 0.15) is 59.3 Å². The van der Waals surface area contributed by atoms with Crippen LogP contribution >= 0.6 is 0 Å². The summed E-state index contributed by atoms with van der Waals surface area (Å²) in [6.07, 6.45) is 6.91. The third-order valence-electron chi connectivity index (χ3n) is 5.12. The maximum absolute atomic E-state index is 12.4. The quantitative estimate of drug-likeness (QED) is 0.163. The average Bonchev–Trinajstić information content (AvgIpc) is 2.72. The van der Waals surface area contributed by atoms with Crippen LogP contribution in [0.3, 0.4) is 0 Å². The van der Waals surface area contributed by atoms with Crippen LogP contribution in [0.4, 0.5) is 5.69 Å². The van der Waals surface area contributed by atoms with Crippen molar-refractivity contribution < 1.29 is 17.8 Å². The minimum Gasteiger partial charge on any atom is -0.415 e. The molecule has 0 saturated carbocycles. The van der Waals surface area contributed by atoms with E-state index in [9.17, 15) is 18.5 Å². The first kappa shape index (κ1) is 25.7. The number of benzene rings is 1. The summed E-state index contributed by atoms with van der Waals surface area (Å²) in [7, 11) is -5.57. The van der Waals surface area contributed by atoms with E-state index >= 15 is 0 Å². The molecule has 0 amide bonds. The van der Waals surface area contributed by atoms with E-state index in [-0.39, 0.29) is 17.1 Å². The van der Waals surface area contributed by atoms with Gasteiger partial charge in [0, 0.05) is 25.3 Å². The predicted molar refractivity (Wildman–Crippen MR) is 119 cm³/mol. The standard InChI is InChI=1S/C20H36N2O5SSi/c1-4-7-16-29(17-8-5-2,18-9-6-3)27-15-14-21-28(25,26)20-12-10-19(11-13-20)22(23)24/h10-13,21H,4-9,14-18H2,1-3H3. The Balaban J connectivity index is 2.70. The van der Waals surface area contributed by atoms with Crippen molar-refractivity contribution >= 4 is 24.0 Å². The van der Waals surface area contributed by atoms with Crippen LogP contribution in [0.2, 0.25) is 18.1 Å². The maximum atomic E-state index is 12.4. The summed E-state index contributed by atoms with van der Waals surface area (Å²) >= 11 is 0. The summed E-state index contributed by atoms with van der Waals surface area (Å²) < 4.78 is 33.9. The van der Waals surface area contributed by atoms with Gasteiger partial charge in [0.25, 0.3) is 5.69 Å². The highest BCUT2D eigenvalue weighted by Gasteiger charge is 2.33. The summed E-state index contributed by atoms with van der Waals surface area (Å²) in [5, 5.41) is 10.7. The molecule has 0 heterocycles. The molecule has 9 heteroatoms. The summed E-state index contributed by atoms with van der Waals surface area (Å²) in [4.78, 5) is 10.2. The number of unbranched alkanes of at least 4 members (excludes halogenated alkanes) is 3. The van der Waals surface area contributed by atoms with E-state index < -0.39 is 23.3 Å². The number of nitro groups is 1. The van der Waals surface area contributed by atoms with Crippen molar-refractivity contribution in [3.8, 4) is 0 Å². The Kier molecular flexibility index (Phi) is 11.6. The number of rotatable bonds is 16. The van der Waals surface area contributed by atoms with Gasteiger partial charge < -0.3 is 4.43 Å². The van der Waals surface area contributed by atoms with Gasteiger partial charge in [0.1, 0.15) is 0 Å². The van der Waals surface area contributed by atoms with Gasteiger partial charge in [0.2, 0.25) is 10.0 Å². The Morgan fingerprint density at radius 2 is 1.45 bits per heavy atom.